The molecule has 1 aliphatic heterocycles. The van der Waals surface area contributed by atoms with Crippen molar-refractivity contribution in [1.29, 1.82) is 0 Å². The van der Waals surface area contributed by atoms with Crippen LogP contribution in [0.15, 0.2) is 28.9 Å². The van der Waals surface area contributed by atoms with Crippen LogP contribution >= 0.6 is 0 Å². The number of nitrogens with zero attached hydrogens (tertiary/aromatic N) is 2. The third kappa shape index (κ3) is 1.92. The number of carbonyl (C=O) groups is 1. The van der Waals surface area contributed by atoms with E-state index in [1.165, 1.54) is 18.1 Å². The van der Waals surface area contributed by atoms with Crippen LogP contribution in [0.5, 0.6) is 0 Å². The molecule has 0 aromatic carbocycles. The second-order valence-electron chi connectivity index (χ2n) is 3.86. The fraction of sp³-hybridized carbons (Fsp3) is 0.400. The van der Waals surface area contributed by atoms with Crippen molar-refractivity contribution in [3.8, 4) is 0 Å². The molecule has 92 valence electrons. The van der Waals surface area contributed by atoms with Crippen LogP contribution in [0.1, 0.15) is 0 Å². The number of aliphatic carboxylic acids is 1. The molecule has 0 amide bonds. The lowest BCUT2D eigenvalue weighted by Gasteiger charge is -2.24. The standard InChI is InChI=1S/C10H9F3N2O2/c1-15-7-3-2-5(10(11,12)13)4-6(7)8(14-15)9(16)17/h2-4,6-7H,1H3,(H,16,17). The number of carboxylic acid groups (broad SMARTS) is 1. The zero-order valence-corrected chi connectivity index (χ0v) is 8.77. The summed E-state index contributed by atoms with van der Waals surface area (Å²) in [4.78, 5) is 10.9. The Kier molecular flexibility index (Phi) is 2.48. The Morgan fingerprint density at radius 2 is 2.18 bits per heavy atom. The lowest BCUT2D eigenvalue weighted by atomic mass is 9.88. The minimum absolute atomic E-state index is 0.261. The van der Waals surface area contributed by atoms with Crippen LogP contribution in [0.2, 0.25) is 0 Å². The van der Waals surface area contributed by atoms with Gasteiger partial charge >= 0.3 is 12.1 Å². The lowest BCUT2D eigenvalue weighted by Crippen LogP contribution is -2.33. The first-order chi connectivity index (χ1) is 7.80. The molecule has 2 unspecified atom stereocenters. The van der Waals surface area contributed by atoms with Gasteiger partial charge in [-0.3, -0.25) is 5.01 Å². The predicted octanol–water partition coefficient (Wildman–Crippen LogP) is 1.42. The number of likely N-dealkylation sites (N-methyl/N-ethyl adjacent to an activating group) is 1. The molecule has 0 fully saturated rings. The number of fused-ring (bicyclic) bond motifs is 1. The minimum Gasteiger partial charge on any atom is -0.477 e. The van der Waals surface area contributed by atoms with Gasteiger partial charge in [0.05, 0.1) is 17.5 Å². The summed E-state index contributed by atoms with van der Waals surface area (Å²) in [5, 5.41) is 14.0. The molecule has 17 heavy (non-hydrogen) atoms. The van der Waals surface area contributed by atoms with Gasteiger partial charge in [-0.15, -0.1) is 0 Å². The maximum atomic E-state index is 12.5. The molecule has 0 bridgehead atoms. The van der Waals surface area contributed by atoms with Crippen LogP contribution in [-0.2, 0) is 4.79 Å². The van der Waals surface area contributed by atoms with Crippen molar-refractivity contribution < 1.29 is 23.1 Å². The molecule has 0 aromatic rings. The Labute approximate surface area is 94.7 Å². The second-order valence-corrected chi connectivity index (χ2v) is 3.86. The molecule has 1 N–H and O–H groups in total. The number of carboxylic acids is 1. The highest BCUT2D eigenvalue weighted by Gasteiger charge is 2.42. The average Bonchev–Trinajstić information content (AvgIpc) is 2.54. The van der Waals surface area contributed by atoms with Gasteiger partial charge in [0, 0.05) is 7.05 Å². The Hall–Kier alpha value is -1.79. The lowest BCUT2D eigenvalue weighted by molar-refractivity contribution is -0.129. The molecule has 0 saturated heterocycles. The highest BCUT2D eigenvalue weighted by molar-refractivity contribution is 6.37. The van der Waals surface area contributed by atoms with Crippen LogP contribution in [0.3, 0.4) is 0 Å². The molecule has 0 spiro atoms. The summed E-state index contributed by atoms with van der Waals surface area (Å²) in [5.74, 6) is -2.14. The van der Waals surface area contributed by atoms with Crippen molar-refractivity contribution in [3.63, 3.8) is 0 Å². The van der Waals surface area contributed by atoms with Gasteiger partial charge in [0.2, 0.25) is 0 Å². The van der Waals surface area contributed by atoms with E-state index in [9.17, 15) is 18.0 Å². The third-order valence-corrected chi connectivity index (χ3v) is 2.76. The molecule has 2 aliphatic rings. The summed E-state index contributed by atoms with van der Waals surface area (Å²) in [6, 6.07) is -0.452. The Morgan fingerprint density at radius 1 is 1.53 bits per heavy atom. The quantitative estimate of drug-likeness (QED) is 0.761. The first-order valence-electron chi connectivity index (χ1n) is 4.82. The van der Waals surface area contributed by atoms with E-state index in [0.29, 0.717) is 0 Å². The Balaban J connectivity index is 2.37. The average molecular weight is 246 g/mol. The van der Waals surface area contributed by atoms with Crippen LogP contribution in [-0.4, -0.2) is 41.1 Å². The molecule has 1 heterocycles. The molecule has 7 heteroatoms. The molecule has 4 nitrogen and oxygen atoms in total. The number of hydrogen-bond donors (Lipinski definition) is 1. The number of halogens is 3. The zero-order valence-electron chi connectivity index (χ0n) is 8.77. The highest BCUT2D eigenvalue weighted by atomic mass is 19.4. The smallest absolute Gasteiger partial charge is 0.416 e. The van der Waals surface area contributed by atoms with Gasteiger partial charge in [0.15, 0.2) is 5.71 Å². The number of hydrazone groups is 1. The molecule has 0 aromatic heterocycles. The van der Waals surface area contributed by atoms with Crippen LogP contribution < -0.4 is 0 Å². The first-order valence-corrected chi connectivity index (χ1v) is 4.82. The second kappa shape index (κ2) is 3.61. The minimum atomic E-state index is -4.47. The third-order valence-electron chi connectivity index (χ3n) is 2.76. The molecule has 1 aliphatic carbocycles. The normalized spacial score (nSPS) is 27.6. The summed E-state index contributed by atoms with van der Waals surface area (Å²) in [6.07, 6.45) is -1.27. The van der Waals surface area contributed by atoms with Crippen LogP contribution in [0.25, 0.3) is 0 Å². The molecule has 2 rings (SSSR count). The van der Waals surface area contributed by atoms with E-state index in [-0.39, 0.29) is 5.71 Å². The summed E-state index contributed by atoms with van der Waals surface area (Å²) in [6.45, 7) is 0. The van der Waals surface area contributed by atoms with Gasteiger partial charge in [-0.1, -0.05) is 18.2 Å². The number of alkyl halides is 3. The van der Waals surface area contributed by atoms with E-state index in [2.05, 4.69) is 5.10 Å². The van der Waals surface area contributed by atoms with Gasteiger partial charge in [0.25, 0.3) is 0 Å². The fourth-order valence-corrected chi connectivity index (χ4v) is 1.94. The van der Waals surface area contributed by atoms with Gasteiger partial charge in [0.1, 0.15) is 0 Å². The highest BCUT2D eigenvalue weighted by Crippen LogP contribution is 2.35. The van der Waals surface area contributed by atoms with Crippen molar-refractivity contribution in [2.75, 3.05) is 7.05 Å². The largest absolute Gasteiger partial charge is 0.477 e. The maximum absolute atomic E-state index is 12.5. The summed E-state index contributed by atoms with van der Waals surface area (Å²) >= 11 is 0. The number of allylic oxidation sites excluding steroid dienone is 2. The summed E-state index contributed by atoms with van der Waals surface area (Å²) in [5.41, 5.74) is -1.09. The van der Waals surface area contributed by atoms with Crippen molar-refractivity contribution >= 4 is 11.7 Å². The topological polar surface area (TPSA) is 52.9 Å². The van der Waals surface area contributed by atoms with Gasteiger partial charge < -0.3 is 5.11 Å². The zero-order chi connectivity index (χ0) is 12.8. The van der Waals surface area contributed by atoms with Crippen molar-refractivity contribution in [2.45, 2.75) is 12.2 Å². The Morgan fingerprint density at radius 3 is 2.71 bits per heavy atom. The fourth-order valence-electron chi connectivity index (χ4n) is 1.94. The summed E-state index contributed by atoms with van der Waals surface area (Å²) in [7, 11) is 1.53. The van der Waals surface area contributed by atoms with Gasteiger partial charge in [-0.05, 0) is 0 Å². The molecule has 0 radical (unpaired) electrons. The number of rotatable bonds is 1. The van der Waals surface area contributed by atoms with Crippen LogP contribution in [0, 0.1) is 5.92 Å². The van der Waals surface area contributed by atoms with Crippen molar-refractivity contribution in [1.82, 2.24) is 5.01 Å². The first kappa shape index (κ1) is 11.7. The number of hydrogen-bond acceptors (Lipinski definition) is 3. The van der Waals surface area contributed by atoms with Crippen LogP contribution in [0.4, 0.5) is 13.2 Å². The van der Waals surface area contributed by atoms with E-state index in [4.69, 9.17) is 5.11 Å². The van der Waals surface area contributed by atoms with Gasteiger partial charge in [-0.25, -0.2) is 4.79 Å². The van der Waals surface area contributed by atoms with Crippen molar-refractivity contribution in [3.05, 3.63) is 23.8 Å². The SMILES string of the molecule is CN1N=C(C(=O)O)C2C=C(C(F)(F)F)C=CC21. The molecular formula is C10H9F3N2O2. The predicted molar refractivity (Wildman–Crippen MR) is 53.4 cm³/mol. The van der Waals surface area contributed by atoms with Gasteiger partial charge in [-0.2, -0.15) is 18.3 Å². The Bertz CT molecular complexity index is 451. The molecule has 0 saturated carbocycles. The van der Waals surface area contributed by atoms with E-state index >= 15 is 0 Å². The molecule has 2 atom stereocenters. The van der Waals surface area contributed by atoms with E-state index < -0.39 is 29.7 Å². The summed E-state index contributed by atoms with van der Waals surface area (Å²) < 4.78 is 37.5. The maximum Gasteiger partial charge on any atom is 0.416 e. The van der Waals surface area contributed by atoms with E-state index in [0.717, 1.165) is 12.2 Å². The molecular weight excluding hydrogens is 237 g/mol. The van der Waals surface area contributed by atoms with E-state index in [1.54, 1.807) is 0 Å². The monoisotopic (exact) mass is 246 g/mol. The van der Waals surface area contributed by atoms with Crippen molar-refractivity contribution in [2.24, 2.45) is 11.0 Å². The van der Waals surface area contributed by atoms with E-state index in [1.807, 2.05) is 0 Å².